The van der Waals surface area contributed by atoms with Gasteiger partial charge in [0, 0.05) is 17.6 Å². The summed E-state index contributed by atoms with van der Waals surface area (Å²) in [5, 5.41) is 0. The molecule has 0 unspecified atom stereocenters. The van der Waals surface area contributed by atoms with Gasteiger partial charge < -0.3 is 9.72 Å². The molecular weight excluding hydrogens is 264 g/mol. The zero-order chi connectivity index (χ0) is 15.2. The predicted molar refractivity (Wildman–Crippen MR) is 82.5 cm³/mol. The van der Waals surface area contributed by atoms with Gasteiger partial charge in [0.15, 0.2) is 0 Å². The van der Waals surface area contributed by atoms with Crippen LogP contribution in [-0.4, -0.2) is 15.9 Å². The van der Waals surface area contributed by atoms with Gasteiger partial charge in [0.2, 0.25) is 0 Å². The van der Waals surface area contributed by atoms with Gasteiger partial charge in [0.1, 0.15) is 12.4 Å². The van der Waals surface area contributed by atoms with Crippen LogP contribution in [0.5, 0.6) is 0 Å². The smallest absolute Gasteiger partial charge is 0.333 e. The topological polar surface area (TPSA) is 55.0 Å². The van der Waals surface area contributed by atoms with E-state index in [2.05, 4.69) is 23.1 Å². The average molecular weight is 282 g/mol. The number of carbonyl (C=O) groups is 1. The van der Waals surface area contributed by atoms with E-state index in [9.17, 15) is 4.79 Å². The van der Waals surface area contributed by atoms with Gasteiger partial charge >= 0.3 is 5.97 Å². The van der Waals surface area contributed by atoms with Crippen molar-refractivity contribution in [2.24, 2.45) is 0 Å². The normalized spacial score (nSPS) is 10.1. The molecule has 4 heteroatoms. The van der Waals surface area contributed by atoms with Crippen LogP contribution in [0.15, 0.2) is 55.1 Å². The fourth-order valence-electron chi connectivity index (χ4n) is 1.86. The largest absolute Gasteiger partial charge is 0.456 e. The molecule has 1 aromatic carbocycles. The lowest BCUT2D eigenvalue weighted by Gasteiger charge is -2.03. The van der Waals surface area contributed by atoms with Crippen molar-refractivity contribution in [3.05, 3.63) is 66.5 Å². The highest BCUT2D eigenvalue weighted by Gasteiger charge is 2.12. The van der Waals surface area contributed by atoms with Crippen LogP contribution < -0.4 is 0 Å². The molecule has 0 radical (unpaired) electrons. The summed E-state index contributed by atoms with van der Waals surface area (Å²) in [6, 6.07) is 9.80. The van der Waals surface area contributed by atoms with Gasteiger partial charge in [-0.1, -0.05) is 43.0 Å². The Bertz CT molecular complexity index is 657. The number of hydrogen-bond acceptors (Lipinski definition) is 3. The number of imidazole rings is 1. The Hall–Kier alpha value is -2.62. The minimum Gasteiger partial charge on any atom is -0.456 e. The first-order valence-corrected chi connectivity index (χ1v) is 6.68. The third-order valence-electron chi connectivity index (χ3n) is 2.95. The second kappa shape index (κ2) is 6.70. The number of nitrogens with one attached hydrogen (secondary N) is 1. The molecule has 0 fully saturated rings. The molecule has 4 nitrogen and oxygen atoms in total. The number of H-pyrrole nitrogens is 1. The summed E-state index contributed by atoms with van der Waals surface area (Å²) in [5.41, 5.74) is 2.98. The van der Waals surface area contributed by atoms with Gasteiger partial charge in [-0.3, -0.25) is 0 Å². The van der Waals surface area contributed by atoms with Crippen molar-refractivity contribution >= 4 is 5.97 Å². The molecule has 0 aliphatic rings. The molecule has 0 amide bonds. The molecule has 2 aromatic rings. The number of allylic oxidation sites excluding steroid dienone is 1. The lowest BCUT2D eigenvalue weighted by molar-refractivity contribution is -0.140. The summed E-state index contributed by atoms with van der Waals surface area (Å²) in [6.45, 7) is 9.06. The Morgan fingerprint density at radius 3 is 2.71 bits per heavy atom. The summed E-state index contributed by atoms with van der Waals surface area (Å²) in [7, 11) is 0. The number of nitrogens with zero attached hydrogens (tertiary/aromatic N) is 1. The van der Waals surface area contributed by atoms with Crippen molar-refractivity contribution in [2.45, 2.75) is 20.0 Å². The quantitative estimate of drug-likeness (QED) is 0.502. The van der Waals surface area contributed by atoms with Crippen LogP contribution in [0, 0.1) is 0 Å². The standard InChI is InChI=1S/C17H18N2O2/c1-4-8-14-15(11-21-17(20)12(2)3)19-16(18-14)13-9-6-5-7-10-13/h4-7,9-10H,1-2,8,11H2,3H3,(H,18,19). The van der Waals surface area contributed by atoms with Crippen LogP contribution in [0.25, 0.3) is 11.4 Å². The van der Waals surface area contributed by atoms with Gasteiger partial charge in [-0.05, 0) is 6.92 Å². The maximum Gasteiger partial charge on any atom is 0.333 e. The lowest BCUT2D eigenvalue weighted by atomic mass is 10.2. The maximum absolute atomic E-state index is 11.5. The molecule has 0 aliphatic carbocycles. The molecular formula is C17H18N2O2. The summed E-state index contributed by atoms with van der Waals surface area (Å²) in [4.78, 5) is 19.2. The SMILES string of the molecule is C=CCc1nc(-c2ccccc2)[nH]c1COC(=O)C(=C)C. The van der Waals surface area contributed by atoms with E-state index in [1.807, 2.05) is 30.3 Å². The number of hydrogen-bond donors (Lipinski definition) is 1. The monoisotopic (exact) mass is 282 g/mol. The van der Waals surface area contributed by atoms with E-state index in [0.717, 1.165) is 22.8 Å². The van der Waals surface area contributed by atoms with Gasteiger partial charge in [0.05, 0.1) is 11.4 Å². The molecule has 0 saturated heterocycles. The number of rotatable bonds is 6. The molecule has 1 heterocycles. The number of esters is 1. The van der Waals surface area contributed by atoms with Crippen LogP contribution in [0.4, 0.5) is 0 Å². The van der Waals surface area contributed by atoms with Crippen molar-refractivity contribution in [3.63, 3.8) is 0 Å². The number of aromatic nitrogens is 2. The summed E-state index contributed by atoms with van der Waals surface area (Å²) >= 11 is 0. The second-order valence-electron chi connectivity index (χ2n) is 4.73. The van der Waals surface area contributed by atoms with Gasteiger partial charge in [-0.25, -0.2) is 9.78 Å². The van der Waals surface area contributed by atoms with Crippen molar-refractivity contribution in [3.8, 4) is 11.4 Å². The van der Waals surface area contributed by atoms with Crippen LogP contribution in [0.1, 0.15) is 18.3 Å². The first-order valence-electron chi connectivity index (χ1n) is 6.68. The minimum absolute atomic E-state index is 0.148. The summed E-state index contributed by atoms with van der Waals surface area (Å²) < 4.78 is 5.18. The van der Waals surface area contributed by atoms with Gasteiger partial charge in [-0.15, -0.1) is 6.58 Å². The molecule has 1 aromatic heterocycles. The number of ether oxygens (including phenoxy) is 1. The summed E-state index contributed by atoms with van der Waals surface area (Å²) in [6.07, 6.45) is 2.39. The third kappa shape index (κ3) is 3.69. The molecule has 1 N–H and O–H groups in total. The van der Waals surface area contributed by atoms with E-state index in [1.165, 1.54) is 0 Å². The highest BCUT2D eigenvalue weighted by atomic mass is 16.5. The van der Waals surface area contributed by atoms with E-state index in [1.54, 1.807) is 13.0 Å². The fraction of sp³-hybridized carbons (Fsp3) is 0.176. The molecule has 21 heavy (non-hydrogen) atoms. The first kappa shape index (κ1) is 14.8. The molecule has 0 bridgehead atoms. The molecule has 0 spiro atoms. The van der Waals surface area contributed by atoms with Gasteiger partial charge in [0.25, 0.3) is 0 Å². The molecule has 0 atom stereocenters. The van der Waals surface area contributed by atoms with E-state index < -0.39 is 5.97 Å². The molecule has 108 valence electrons. The second-order valence-corrected chi connectivity index (χ2v) is 4.73. The zero-order valence-electron chi connectivity index (χ0n) is 12.1. The van der Waals surface area contributed by atoms with E-state index in [4.69, 9.17) is 4.74 Å². The maximum atomic E-state index is 11.5. The highest BCUT2D eigenvalue weighted by molar-refractivity contribution is 5.86. The zero-order valence-corrected chi connectivity index (χ0v) is 12.1. The number of aromatic amines is 1. The van der Waals surface area contributed by atoms with Crippen LogP contribution in [-0.2, 0) is 22.6 Å². The van der Waals surface area contributed by atoms with Crippen LogP contribution in [0.2, 0.25) is 0 Å². The minimum atomic E-state index is -0.407. The Morgan fingerprint density at radius 2 is 2.10 bits per heavy atom. The molecule has 0 aliphatic heterocycles. The molecule has 0 saturated carbocycles. The van der Waals surface area contributed by atoms with E-state index in [-0.39, 0.29) is 6.61 Å². The van der Waals surface area contributed by atoms with Crippen molar-refractivity contribution in [1.29, 1.82) is 0 Å². The van der Waals surface area contributed by atoms with Crippen molar-refractivity contribution < 1.29 is 9.53 Å². The lowest BCUT2D eigenvalue weighted by Crippen LogP contribution is -2.06. The Morgan fingerprint density at radius 1 is 1.38 bits per heavy atom. The average Bonchev–Trinajstić information content (AvgIpc) is 2.89. The fourth-order valence-corrected chi connectivity index (χ4v) is 1.86. The Kier molecular flexibility index (Phi) is 4.72. The number of benzene rings is 1. The Balaban J connectivity index is 2.23. The first-order chi connectivity index (χ1) is 10.1. The Labute approximate surface area is 124 Å². The molecule has 2 rings (SSSR count). The van der Waals surface area contributed by atoms with Crippen molar-refractivity contribution in [2.75, 3.05) is 0 Å². The highest BCUT2D eigenvalue weighted by Crippen LogP contribution is 2.19. The van der Waals surface area contributed by atoms with E-state index in [0.29, 0.717) is 12.0 Å². The third-order valence-corrected chi connectivity index (χ3v) is 2.95. The van der Waals surface area contributed by atoms with Crippen molar-refractivity contribution in [1.82, 2.24) is 9.97 Å². The van der Waals surface area contributed by atoms with E-state index >= 15 is 0 Å². The summed E-state index contributed by atoms with van der Waals surface area (Å²) in [5.74, 6) is 0.351. The number of carbonyl (C=O) groups excluding carboxylic acids is 1. The van der Waals surface area contributed by atoms with Gasteiger partial charge in [-0.2, -0.15) is 0 Å². The van der Waals surface area contributed by atoms with Crippen LogP contribution >= 0.6 is 0 Å². The van der Waals surface area contributed by atoms with Crippen LogP contribution in [0.3, 0.4) is 0 Å². The predicted octanol–water partition coefficient (Wildman–Crippen LogP) is 3.42.